The summed E-state index contributed by atoms with van der Waals surface area (Å²) in [5, 5.41) is -1.48. The molecule has 0 aliphatic heterocycles. The Hall–Kier alpha value is -0.920. The van der Waals surface area contributed by atoms with Crippen molar-refractivity contribution in [2.24, 2.45) is 0 Å². The van der Waals surface area contributed by atoms with E-state index in [0.717, 1.165) is 12.2 Å². The summed E-state index contributed by atoms with van der Waals surface area (Å²) in [7, 11) is -7.03. The van der Waals surface area contributed by atoms with Gasteiger partial charge in [0.25, 0.3) is 10.1 Å². The zero-order valence-electron chi connectivity index (χ0n) is 6.28. The highest BCUT2D eigenvalue weighted by molar-refractivity contribution is 7.89. The predicted molar refractivity (Wildman–Crippen MR) is 47.5 cm³/mol. The van der Waals surface area contributed by atoms with E-state index in [1.807, 2.05) is 0 Å². The molecule has 1 aliphatic carbocycles. The molecule has 0 spiro atoms. The Labute approximate surface area is 76.7 Å². The van der Waals surface area contributed by atoms with Gasteiger partial charge in [-0.3, -0.25) is 4.55 Å². The van der Waals surface area contributed by atoms with E-state index in [4.69, 9.17) is 4.55 Å². The SMILES string of the molecule is O=S(=O)=C1C=CC=CC1S(=O)(=O)O. The normalized spacial score (nSPS) is 21.9. The number of hydrogen-bond acceptors (Lipinski definition) is 4. The van der Waals surface area contributed by atoms with Crippen molar-refractivity contribution in [2.45, 2.75) is 5.25 Å². The summed E-state index contributed by atoms with van der Waals surface area (Å²) in [6.45, 7) is 0. The second-order valence-corrected chi connectivity index (χ2v) is 4.80. The van der Waals surface area contributed by atoms with Gasteiger partial charge in [0.1, 0.15) is 5.25 Å². The van der Waals surface area contributed by atoms with Crippen LogP contribution >= 0.6 is 0 Å². The van der Waals surface area contributed by atoms with E-state index < -0.39 is 25.7 Å². The molecule has 72 valence electrons. The van der Waals surface area contributed by atoms with E-state index in [1.54, 1.807) is 0 Å². The molecule has 0 heterocycles. The molecule has 0 aromatic carbocycles. The van der Waals surface area contributed by atoms with Crippen LogP contribution in [0.1, 0.15) is 0 Å². The Morgan fingerprint density at radius 3 is 2.31 bits per heavy atom. The molecule has 1 rings (SSSR count). The van der Waals surface area contributed by atoms with E-state index in [9.17, 15) is 16.8 Å². The van der Waals surface area contributed by atoms with Crippen LogP contribution in [0.25, 0.3) is 0 Å². The van der Waals surface area contributed by atoms with Crippen molar-refractivity contribution < 1.29 is 21.4 Å². The molecule has 0 amide bonds. The van der Waals surface area contributed by atoms with Crippen molar-refractivity contribution in [3.8, 4) is 0 Å². The van der Waals surface area contributed by atoms with Gasteiger partial charge in [0, 0.05) is 0 Å². The summed E-state index contributed by atoms with van der Waals surface area (Å²) in [5.41, 5.74) is 0. The summed E-state index contributed by atoms with van der Waals surface area (Å²) in [6.07, 6.45) is 4.96. The van der Waals surface area contributed by atoms with Crippen LogP contribution in [-0.2, 0) is 20.4 Å². The molecule has 0 aromatic heterocycles. The Balaban J connectivity index is 3.36. The quantitative estimate of drug-likeness (QED) is 0.473. The van der Waals surface area contributed by atoms with Gasteiger partial charge in [-0.1, -0.05) is 18.2 Å². The zero-order valence-corrected chi connectivity index (χ0v) is 7.92. The topological polar surface area (TPSA) is 88.5 Å². The molecule has 1 unspecified atom stereocenters. The minimum absolute atomic E-state index is 0.356. The van der Waals surface area contributed by atoms with Crippen LogP contribution < -0.4 is 0 Å². The molecular formula is C6H6O5S2. The van der Waals surface area contributed by atoms with Gasteiger partial charge in [-0.2, -0.15) is 16.8 Å². The van der Waals surface area contributed by atoms with Gasteiger partial charge in [0.2, 0.25) is 10.3 Å². The minimum Gasteiger partial charge on any atom is -0.285 e. The second-order valence-electron chi connectivity index (χ2n) is 2.32. The molecule has 0 fully saturated rings. The van der Waals surface area contributed by atoms with Crippen molar-refractivity contribution >= 4 is 25.3 Å². The van der Waals surface area contributed by atoms with Crippen LogP contribution in [0, 0.1) is 0 Å². The smallest absolute Gasteiger partial charge is 0.276 e. The molecule has 0 saturated carbocycles. The monoisotopic (exact) mass is 222 g/mol. The highest BCUT2D eigenvalue weighted by Gasteiger charge is 2.26. The van der Waals surface area contributed by atoms with E-state index in [-0.39, 0.29) is 4.86 Å². The maximum Gasteiger partial charge on any atom is 0.276 e. The highest BCUT2D eigenvalue weighted by Crippen LogP contribution is 2.08. The molecule has 0 aromatic rings. The second kappa shape index (κ2) is 3.44. The molecule has 0 bridgehead atoms. The molecule has 0 radical (unpaired) electrons. The highest BCUT2D eigenvalue weighted by atomic mass is 32.2. The first kappa shape index (κ1) is 10.2. The lowest BCUT2D eigenvalue weighted by atomic mass is 10.2. The standard InChI is InChI=1S/C6H6O5S2/c7-12(8)5-3-1-2-4-6(5)13(9,10)11/h1-4,6H,(H,9,10,11). The van der Waals surface area contributed by atoms with E-state index >= 15 is 0 Å². The summed E-state index contributed by atoms with van der Waals surface area (Å²) in [4.78, 5) is -0.356. The minimum atomic E-state index is -4.39. The Morgan fingerprint density at radius 2 is 1.92 bits per heavy atom. The third-order valence-corrected chi connectivity index (χ3v) is 3.43. The Bertz CT molecular complexity index is 483. The van der Waals surface area contributed by atoms with Crippen LogP contribution in [0.2, 0.25) is 0 Å². The number of hydrogen-bond donors (Lipinski definition) is 1. The van der Waals surface area contributed by atoms with Crippen LogP contribution in [-0.4, -0.2) is 31.5 Å². The number of allylic oxidation sites excluding steroid dienone is 3. The largest absolute Gasteiger partial charge is 0.285 e. The van der Waals surface area contributed by atoms with Gasteiger partial charge in [-0.15, -0.1) is 0 Å². The first-order valence-electron chi connectivity index (χ1n) is 3.20. The summed E-state index contributed by atoms with van der Waals surface area (Å²) in [6, 6.07) is 0. The summed E-state index contributed by atoms with van der Waals surface area (Å²) in [5.74, 6) is 0. The molecule has 1 atom stereocenters. The molecule has 1 N–H and O–H groups in total. The van der Waals surface area contributed by atoms with Gasteiger partial charge in [-0.25, -0.2) is 0 Å². The van der Waals surface area contributed by atoms with Crippen LogP contribution in [0.4, 0.5) is 0 Å². The van der Waals surface area contributed by atoms with Gasteiger partial charge in [-0.05, 0) is 6.08 Å². The Kier molecular flexibility index (Phi) is 2.69. The molecular weight excluding hydrogens is 216 g/mol. The maximum absolute atomic E-state index is 10.7. The van der Waals surface area contributed by atoms with Crippen molar-refractivity contribution in [1.82, 2.24) is 0 Å². The fourth-order valence-electron chi connectivity index (χ4n) is 0.902. The van der Waals surface area contributed by atoms with Crippen molar-refractivity contribution in [3.05, 3.63) is 24.3 Å². The van der Waals surface area contributed by atoms with Crippen molar-refractivity contribution in [1.29, 1.82) is 0 Å². The van der Waals surface area contributed by atoms with Crippen molar-refractivity contribution in [2.75, 3.05) is 0 Å². The lowest BCUT2D eigenvalue weighted by Crippen LogP contribution is -2.28. The van der Waals surface area contributed by atoms with Crippen LogP contribution in [0.3, 0.4) is 0 Å². The van der Waals surface area contributed by atoms with Crippen LogP contribution in [0.5, 0.6) is 0 Å². The average molecular weight is 222 g/mol. The van der Waals surface area contributed by atoms with Gasteiger partial charge < -0.3 is 0 Å². The maximum atomic E-state index is 10.7. The predicted octanol–water partition coefficient (Wildman–Crippen LogP) is -0.580. The molecule has 1 aliphatic rings. The molecule has 13 heavy (non-hydrogen) atoms. The van der Waals surface area contributed by atoms with Gasteiger partial charge in [0.15, 0.2) is 0 Å². The van der Waals surface area contributed by atoms with Gasteiger partial charge >= 0.3 is 0 Å². The van der Waals surface area contributed by atoms with E-state index in [1.165, 1.54) is 12.2 Å². The fourth-order valence-corrected chi connectivity index (χ4v) is 2.62. The fraction of sp³-hybridized carbons (Fsp3) is 0.167. The Morgan fingerprint density at radius 1 is 1.31 bits per heavy atom. The lowest BCUT2D eigenvalue weighted by Gasteiger charge is -2.08. The molecule has 5 nitrogen and oxygen atoms in total. The zero-order chi connectivity index (χ0) is 10.1. The van der Waals surface area contributed by atoms with E-state index in [2.05, 4.69) is 0 Å². The first-order valence-corrected chi connectivity index (χ1v) is 5.78. The molecule has 0 saturated heterocycles. The molecule has 7 heteroatoms. The number of rotatable bonds is 1. The third-order valence-electron chi connectivity index (χ3n) is 1.45. The van der Waals surface area contributed by atoms with E-state index in [0.29, 0.717) is 0 Å². The first-order chi connectivity index (χ1) is 5.93. The van der Waals surface area contributed by atoms with Crippen LogP contribution in [0.15, 0.2) is 24.3 Å². The average Bonchev–Trinajstić information content (AvgIpc) is 2.03. The summed E-state index contributed by atoms with van der Waals surface area (Å²) < 4.78 is 51.0. The lowest BCUT2D eigenvalue weighted by molar-refractivity contribution is 0.482. The van der Waals surface area contributed by atoms with Crippen molar-refractivity contribution in [3.63, 3.8) is 0 Å². The van der Waals surface area contributed by atoms with Gasteiger partial charge in [0.05, 0.1) is 4.86 Å². The third kappa shape index (κ3) is 2.27. The summed E-state index contributed by atoms with van der Waals surface area (Å²) >= 11 is 0.